The molecule has 0 aliphatic carbocycles. The Hall–Kier alpha value is -3.03. The van der Waals surface area contributed by atoms with Gasteiger partial charge in [-0.15, -0.1) is 0 Å². The van der Waals surface area contributed by atoms with E-state index in [9.17, 15) is 9.59 Å². The Balaban J connectivity index is 1.35. The molecule has 3 aromatic rings. The van der Waals surface area contributed by atoms with E-state index >= 15 is 0 Å². The number of carbonyl (C=O) groups is 1. The zero-order chi connectivity index (χ0) is 20.2. The van der Waals surface area contributed by atoms with E-state index in [0.29, 0.717) is 17.8 Å². The van der Waals surface area contributed by atoms with E-state index in [0.717, 1.165) is 44.0 Å². The van der Waals surface area contributed by atoms with Gasteiger partial charge in [-0.2, -0.15) is 0 Å². The highest BCUT2D eigenvalue weighted by Gasteiger charge is 2.18. The SMILES string of the molecule is COC(=O)c1cccc(CN2CCN(Cc3cc(=O)n4ccccc4n3)CC2)c1. The van der Waals surface area contributed by atoms with Crippen molar-refractivity contribution in [2.75, 3.05) is 33.3 Å². The lowest BCUT2D eigenvalue weighted by Gasteiger charge is -2.34. The van der Waals surface area contributed by atoms with E-state index in [1.807, 2.05) is 36.4 Å². The number of esters is 1. The molecule has 0 spiro atoms. The van der Waals surface area contributed by atoms with Crippen molar-refractivity contribution in [3.05, 3.63) is 81.9 Å². The van der Waals surface area contributed by atoms with E-state index in [2.05, 4.69) is 14.8 Å². The van der Waals surface area contributed by atoms with Crippen LogP contribution in [0.5, 0.6) is 0 Å². The second-order valence-electron chi connectivity index (χ2n) is 7.26. The van der Waals surface area contributed by atoms with Gasteiger partial charge >= 0.3 is 5.97 Å². The molecule has 0 unspecified atom stereocenters. The minimum absolute atomic E-state index is 0.0466. The molecule has 1 fully saturated rings. The van der Waals surface area contributed by atoms with Crippen molar-refractivity contribution in [2.45, 2.75) is 13.1 Å². The normalized spacial score (nSPS) is 15.5. The Kier molecular flexibility index (Phi) is 5.69. The van der Waals surface area contributed by atoms with Gasteiger partial charge in [0.15, 0.2) is 0 Å². The van der Waals surface area contributed by atoms with Crippen LogP contribution in [-0.4, -0.2) is 58.4 Å². The standard InChI is InChI=1S/C22H24N4O3/c1-29-22(28)18-6-4-5-17(13-18)15-24-9-11-25(12-10-24)16-19-14-21(27)26-8-3-2-7-20(26)23-19/h2-8,13-14H,9-12,15-16H2,1H3. The number of fused-ring (bicyclic) bond motifs is 1. The summed E-state index contributed by atoms with van der Waals surface area (Å²) in [5.74, 6) is -0.310. The molecule has 0 saturated carbocycles. The number of nitrogens with zero attached hydrogens (tertiary/aromatic N) is 4. The molecule has 0 amide bonds. The van der Waals surface area contributed by atoms with Gasteiger partial charge in [-0.1, -0.05) is 18.2 Å². The fourth-order valence-electron chi connectivity index (χ4n) is 3.69. The van der Waals surface area contributed by atoms with Crippen molar-refractivity contribution < 1.29 is 9.53 Å². The summed E-state index contributed by atoms with van der Waals surface area (Å²) in [7, 11) is 1.40. The second-order valence-corrected chi connectivity index (χ2v) is 7.26. The highest BCUT2D eigenvalue weighted by molar-refractivity contribution is 5.89. The van der Waals surface area contributed by atoms with Gasteiger partial charge < -0.3 is 4.74 Å². The molecule has 150 valence electrons. The first kappa shape index (κ1) is 19.3. The molecule has 0 bridgehead atoms. The van der Waals surface area contributed by atoms with Crippen LogP contribution in [0.4, 0.5) is 0 Å². The summed E-state index contributed by atoms with van der Waals surface area (Å²) >= 11 is 0. The number of rotatable bonds is 5. The Morgan fingerprint density at radius 3 is 2.52 bits per heavy atom. The van der Waals surface area contributed by atoms with Gasteiger partial charge in [0, 0.05) is 51.5 Å². The van der Waals surface area contributed by atoms with Crippen molar-refractivity contribution in [1.29, 1.82) is 0 Å². The number of piperazine rings is 1. The third-order valence-electron chi connectivity index (χ3n) is 5.23. The lowest BCUT2D eigenvalue weighted by atomic mass is 10.1. The number of hydrogen-bond acceptors (Lipinski definition) is 6. The first-order valence-corrected chi connectivity index (χ1v) is 9.72. The molecule has 0 atom stereocenters. The molecule has 2 aromatic heterocycles. The number of ether oxygens (including phenoxy) is 1. The summed E-state index contributed by atoms with van der Waals surface area (Å²) in [5.41, 5.74) is 3.12. The summed E-state index contributed by atoms with van der Waals surface area (Å²) in [6, 6.07) is 14.8. The number of methoxy groups -OCH3 is 1. The van der Waals surface area contributed by atoms with Gasteiger partial charge in [0.05, 0.1) is 18.4 Å². The molecule has 7 heteroatoms. The zero-order valence-corrected chi connectivity index (χ0v) is 16.5. The number of hydrogen-bond donors (Lipinski definition) is 0. The average Bonchev–Trinajstić information content (AvgIpc) is 2.75. The molecule has 1 aliphatic heterocycles. The molecule has 0 N–H and O–H groups in total. The molecule has 1 saturated heterocycles. The maximum Gasteiger partial charge on any atom is 0.337 e. The average molecular weight is 392 g/mol. The largest absolute Gasteiger partial charge is 0.465 e. The quantitative estimate of drug-likeness (QED) is 0.617. The predicted molar refractivity (Wildman–Crippen MR) is 110 cm³/mol. The molecular formula is C22H24N4O3. The van der Waals surface area contributed by atoms with E-state index in [1.54, 1.807) is 22.7 Å². The lowest BCUT2D eigenvalue weighted by molar-refractivity contribution is 0.0600. The highest BCUT2D eigenvalue weighted by Crippen LogP contribution is 2.13. The van der Waals surface area contributed by atoms with Crippen LogP contribution < -0.4 is 5.56 Å². The molecular weight excluding hydrogens is 368 g/mol. The lowest BCUT2D eigenvalue weighted by Crippen LogP contribution is -2.45. The van der Waals surface area contributed by atoms with Crippen molar-refractivity contribution in [2.24, 2.45) is 0 Å². The van der Waals surface area contributed by atoms with Crippen LogP contribution in [0, 0.1) is 0 Å². The number of benzene rings is 1. The van der Waals surface area contributed by atoms with Gasteiger partial charge in [-0.3, -0.25) is 19.0 Å². The van der Waals surface area contributed by atoms with Gasteiger partial charge in [0.25, 0.3) is 5.56 Å². The second kappa shape index (κ2) is 8.55. The van der Waals surface area contributed by atoms with E-state index in [4.69, 9.17) is 4.74 Å². The van der Waals surface area contributed by atoms with Crippen molar-refractivity contribution in [1.82, 2.24) is 19.2 Å². The fraction of sp³-hybridized carbons (Fsp3) is 0.318. The number of aromatic nitrogens is 2. The smallest absolute Gasteiger partial charge is 0.337 e. The van der Waals surface area contributed by atoms with Crippen molar-refractivity contribution >= 4 is 11.6 Å². The third-order valence-corrected chi connectivity index (χ3v) is 5.23. The van der Waals surface area contributed by atoms with Crippen LogP contribution in [0.3, 0.4) is 0 Å². The van der Waals surface area contributed by atoms with E-state index < -0.39 is 0 Å². The minimum Gasteiger partial charge on any atom is -0.465 e. The first-order chi connectivity index (χ1) is 14.1. The molecule has 1 aromatic carbocycles. The monoisotopic (exact) mass is 392 g/mol. The van der Waals surface area contributed by atoms with E-state index in [1.165, 1.54) is 7.11 Å². The molecule has 3 heterocycles. The van der Waals surface area contributed by atoms with Gasteiger partial charge in [-0.05, 0) is 29.8 Å². The first-order valence-electron chi connectivity index (χ1n) is 9.72. The molecule has 1 aliphatic rings. The predicted octanol–water partition coefficient (Wildman–Crippen LogP) is 1.80. The summed E-state index contributed by atoms with van der Waals surface area (Å²) in [5, 5.41) is 0. The van der Waals surface area contributed by atoms with Crippen molar-refractivity contribution in [3.8, 4) is 0 Å². The third kappa shape index (κ3) is 4.52. The van der Waals surface area contributed by atoms with E-state index in [-0.39, 0.29) is 11.5 Å². The van der Waals surface area contributed by atoms with Crippen LogP contribution in [0.2, 0.25) is 0 Å². The maximum atomic E-state index is 12.3. The summed E-state index contributed by atoms with van der Waals surface area (Å²) in [6.07, 6.45) is 1.74. The summed E-state index contributed by atoms with van der Waals surface area (Å²) < 4.78 is 6.36. The molecule has 0 radical (unpaired) electrons. The Morgan fingerprint density at radius 1 is 1.00 bits per heavy atom. The van der Waals surface area contributed by atoms with Crippen LogP contribution >= 0.6 is 0 Å². The van der Waals surface area contributed by atoms with Crippen LogP contribution in [0.1, 0.15) is 21.6 Å². The number of pyridine rings is 1. The highest BCUT2D eigenvalue weighted by atomic mass is 16.5. The fourth-order valence-corrected chi connectivity index (χ4v) is 3.69. The van der Waals surface area contributed by atoms with Gasteiger partial charge in [-0.25, -0.2) is 9.78 Å². The van der Waals surface area contributed by atoms with Gasteiger partial charge in [0.1, 0.15) is 5.65 Å². The van der Waals surface area contributed by atoms with Gasteiger partial charge in [0.2, 0.25) is 0 Å². The molecule has 7 nitrogen and oxygen atoms in total. The Bertz CT molecular complexity index is 1070. The Morgan fingerprint density at radius 2 is 1.76 bits per heavy atom. The minimum atomic E-state index is -0.310. The topological polar surface area (TPSA) is 67.2 Å². The van der Waals surface area contributed by atoms with Crippen LogP contribution in [0.15, 0.2) is 59.5 Å². The van der Waals surface area contributed by atoms with Crippen molar-refractivity contribution in [3.63, 3.8) is 0 Å². The summed E-state index contributed by atoms with van der Waals surface area (Å²) in [6.45, 7) is 5.14. The maximum absolute atomic E-state index is 12.3. The zero-order valence-electron chi connectivity index (χ0n) is 16.5. The van der Waals surface area contributed by atoms with Crippen LogP contribution in [-0.2, 0) is 17.8 Å². The summed E-state index contributed by atoms with van der Waals surface area (Å²) in [4.78, 5) is 33.3. The van der Waals surface area contributed by atoms with Crippen LogP contribution in [0.25, 0.3) is 5.65 Å². The molecule has 29 heavy (non-hydrogen) atoms. The Labute approximate surface area is 169 Å². The number of carbonyl (C=O) groups excluding carboxylic acids is 1. The molecule has 4 rings (SSSR count).